The summed E-state index contributed by atoms with van der Waals surface area (Å²) in [6.45, 7) is 0. The SMILES string of the molecule is O=C(CCCCC1SCC2NC(O)NC21)ON1C(=O)CCC1O. The van der Waals surface area contributed by atoms with Crippen LogP contribution in [-0.4, -0.2) is 62.8 Å². The van der Waals surface area contributed by atoms with Crippen molar-refractivity contribution in [3.8, 4) is 0 Å². The molecule has 3 saturated heterocycles. The van der Waals surface area contributed by atoms with Crippen LogP contribution in [0.15, 0.2) is 0 Å². The van der Waals surface area contributed by atoms with E-state index in [9.17, 15) is 19.8 Å². The maximum atomic E-state index is 11.7. The van der Waals surface area contributed by atoms with E-state index in [1.807, 2.05) is 11.8 Å². The average Bonchev–Trinajstić information content (AvgIpc) is 3.14. The van der Waals surface area contributed by atoms with Gasteiger partial charge in [-0.3, -0.25) is 15.4 Å². The Morgan fingerprint density at radius 2 is 2.17 bits per heavy atom. The molecule has 0 aromatic heterocycles. The Morgan fingerprint density at radius 3 is 2.91 bits per heavy atom. The van der Waals surface area contributed by atoms with Crippen molar-refractivity contribution in [1.82, 2.24) is 15.7 Å². The van der Waals surface area contributed by atoms with Crippen LogP contribution in [0.25, 0.3) is 0 Å². The molecule has 0 aliphatic carbocycles. The summed E-state index contributed by atoms with van der Waals surface area (Å²) in [5, 5.41) is 26.5. The van der Waals surface area contributed by atoms with E-state index in [1.54, 1.807) is 0 Å². The van der Waals surface area contributed by atoms with E-state index in [2.05, 4.69) is 10.6 Å². The number of hydroxylamine groups is 2. The zero-order valence-electron chi connectivity index (χ0n) is 12.8. The number of nitrogens with one attached hydrogen (secondary N) is 2. The summed E-state index contributed by atoms with van der Waals surface area (Å²) in [5.41, 5.74) is 0. The van der Waals surface area contributed by atoms with Gasteiger partial charge in [-0.15, -0.1) is 5.06 Å². The van der Waals surface area contributed by atoms with Crippen LogP contribution in [0.5, 0.6) is 0 Å². The molecule has 5 atom stereocenters. The van der Waals surface area contributed by atoms with Crippen molar-refractivity contribution in [2.24, 2.45) is 0 Å². The molecule has 0 aromatic rings. The topological polar surface area (TPSA) is 111 Å². The second kappa shape index (κ2) is 7.35. The molecule has 0 saturated carbocycles. The Hall–Kier alpha value is -0.870. The van der Waals surface area contributed by atoms with Gasteiger partial charge in [0.15, 0.2) is 12.6 Å². The second-order valence-corrected chi connectivity index (χ2v) is 7.46. The van der Waals surface area contributed by atoms with Crippen LogP contribution < -0.4 is 10.6 Å². The molecule has 5 unspecified atom stereocenters. The van der Waals surface area contributed by atoms with Crippen LogP contribution in [0, 0.1) is 0 Å². The fraction of sp³-hybridized carbons (Fsp3) is 0.857. The Kier molecular flexibility index (Phi) is 5.42. The molecule has 23 heavy (non-hydrogen) atoms. The monoisotopic (exact) mass is 345 g/mol. The van der Waals surface area contributed by atoms with Crippen molar-refractivity contribution in [3.63, 3.8) is 0 Å². The molecule has 3 rings (SSSR count). The summed E-state index contributed by atoms with van der Waals surface area (Å²) in [7, 11) is 0. The molecule has 1 amide bonds. The van der Waals surface area contributed by atoms with Crippen LogP contribution in [-0.2, 0) is 14.4 Å². The predicted octanol–water partition coefficient (Wildman–Crippen LogP) is -0.733. The first-order valence-corrected chi connectivity index (χ1v) is 9.12. The first-order valence-electron chi connectivity index (χ1n) is 8.07. The molecule has 0 aromatic carbocycles. The molecular formula is C14H23N3O5S. The number of hydrogen-bond donors (Lipinski definition) is 4. The summed E-state index contributed by atoms with van der Waals surface area (Å²) < 4.78 is 0. The van der Waals surface area contributed by atoms with Crippen molar-refractivity contribution in [2.75, 3.05) is 5.75 Å². The van der Waals surface area contributed by atoms with Gasteiger partial charge in [0, 0.05) is 42.3 Å². The van der Waals surface area contributed by atoms with Gasteiger partial charge in [-0.1, -0.05) is 6.42 Å². The van der Waals surface area contributed by atoms with Crippen molar-refractivity contribution >= 4 is 23.6 Å². The van der Waals surface area contributed by atoms with E-state index in [1.165, 1.54) is 0 Å². The summed E-state index contributed by atoms with van der Waals surface area (Å²) in [4.78, 5) is 28.1. The normalized spacial score (nSPS) is 36.5. The molecule has 0 bridgehead atoms. The number of hydrogen-bond acceptors (Lipinski definition) is 8. The Labute approximate surface area is 138 Å². The third-order valence-electron chi connectivity index (χ3n) is 4.50. The number of carbonyl (C=O) groups excluding carboxylic acids is 2. The van der Waals surface area contributed by atoms with Gasteiger partial charge in [0.25, 0.3) is 5.91 Å². The number of nitrogens with zero attached hydrogens (tertiary/aromatic N) is 1. The van der Waals surface area contributed by atoms with Crippen LogP contribution in [0.4, 0.5) is 0 Å². The van der Waals surface area contributed by atoms with Crippen LogP contribution in [0.3, 0.4) is 0 Å². The molecule has 0 spiro atoms. The van der Waals surface area contributed by atoms with E-state index in [4.69, 9.17) is 4.84 Å². The van der Waals surface area contributed by atoms with Gasteiger partial charge in [0.1, 0.15) is 0 Å². The minimum Gasteiger partial charge on any atom is -0.370 e. The van der Waals surface area contributed by atoms with E-state index >= 15 is 0 Å². The highest BCUT2D eigenvalue weighted by atomic mass is 32.2. The van der Waals surface area contributed by atoms with Crippen LogP contribution in [0.1, 0.15) is 38.5 Å². The van der Waals surface area contributed by atoms with E-state index < -0.39 is 18.5 Å². The molecule has 3 fully saturated rings. The van der Waals surface area contributed by atoms with Gasteiger partial charge in [-0.25, -0.2) is 4.79 Å². The number of fused-ring (bicyclic) bond motifs is 1. The third-order valence-corrected chi connectivity index (χ3v) is 6.01. The lowest BCUT2D eigenvalue weighted by molar-refractivity contribution is -0.220. The third kappa shape index (κ3) is 3.97. The quantitative estimate of drug-likeness (QED) is 0.466. The number of unbranched alkanes of at least 4 members (excludes halogenated alkanes) is 1. The Bertz CT molecular complexity index is 466. The van der Waals surface area contributed by atoms with Gasteiger partial charge >= 0.3 is 5.97 Å². The van der Waals surface area contributed by atoms with Gasteiger partial charge < -0.3 is 15.1 Å². The molecule has 3 heterocycles. The summed E-state index contributed by atoms with van der Waals surface area (Å²) >= 11 is 1.88. The van der Waals surface area contributed by atoms with E-state index in [0.29, 0.717) is 24.1 Å². The van der Waals surface area contributed by atoms with Crippen molar-refractivity contribution < 1.29 is 24.6 Å². The summed E-state index contributed by atoms with van der Waals surface area (Å²) in [6.07, 6.45) is 1.65. The Balaban J connectivity index is 1.32. The highest BCUT2D eigenvalue weighted by Gasteiger charge is 2.42. The molecule has 3 aliphatic rings. The maximum absolute atomic E-state index is 11.7. The first kappa shape index (κ1) is 17.0. The van der Waals surface area contributed by atoms with Gasteiger partial charge in [0.05, 0.1) is 0 Å². The van der Waals surface area contributed by atoms with Gasteiger partial charge in [-0.05, 0) is 12.8 Å². The van der Waals surface area contributed by atoms with Gasteiger partial charge in [0.2, 0.25) is 0 Å². The smallest absolute Gasteiger partial charge is 0.332 e. The van der Waals surface area contributed by atoms with Crippen LogP contribution in [0.2, 0.25) is 0 Å². The minimum atomic E-state index is -1.01. The average molecular weight is 345 g/mol. The number of thioether (sulfide) groups is 1. The summed E-state index contributed by atoms with van der Waals surface area (Å²) in [5.74, 6) is 0.154. The molecule has 8 nitrogen and oxygen atoms in total. The highest BCUT2D eigenvalue weighted by Crippen LogP contribution is 2.33. The largest absolute Gasteiger partial charge is 0.370 e. The number of amides is 1. The highest BCUT2D eigenvalue weighted by molar-refractivity contribution is 8.00. The summed E-state index contributed by atoms with van der Waals surface area (Å²) in [6, 6.07) is 0.590. The molecule has 130 valence electrons. The zero-order valence-corrected chi connectivity index (χ0v) is 13.6. The lowest BCUT2D eigenvalue weighted by atomic mass is 10.0. The van der Waals surface area contributed by atoms with E-state index in [-0.39, 0.29) is 24.8 Å². The second-order valence-electron chi connectivity index (χ2n) is 6.19. The van der Waals surface area contributed by atoms with Crippen molar-refractivity contribution in [2.45, 2.75) is 68.4 Å². The lowest BCUT2D eigenvalue weighted by Crippen LogP contribution is -2.38. The molecule has 9 heteroatoms. The van der Waals surface area contributed by atoms with Crippen molar-refractivity contribution in [1.29, 1.82) is 0 Å². The Morgan fingerprint density at radius 1 is 1.35 bits per heavy atom. The van der Waals surface area contributed by atoms with Crippen molar-refractivity contribution in [3.05, 3.63) is 0 Å². The fourth-order valence-corrected chi connectivity index (χ4v) is 4.86. The molecule has 0 radical (unpaired) electrons. The van der Waals surface area contributed by atoms with Gasteiger partial charge in [-0.2, -0.15) is 11.8 Å². The lowest BCUT2D eigenvalue weighted by Gasteiger charge is -2.19. The predicted molar refractivity (Wildman–Crippen MR) is 82.7 cm³/mol. The van der Waals surface area contributed by atoms with Crippen LogP contribution >= 0.6 is 11.8 Å². The first-order chi connectivity index (χ1) is 11.0. The molecule has 3 aliphatic heterocycles. The molecule has 4 N–H and O–H groups in total. The molecular weight excluding hydrogens is 322 g/mol. The number of rotatable bonds is 6. The maximum Gasteiger partial charge on any atom is 0.332 e. The standard InChI is InChI=1S/C14H23N3O5S/c18-10-5-6-11(19)17(10)22-12(20)4-2-1-3-9-13-8(7-23-9)15-14(21)16-13/h8-10,13-16,18,21H,1-7H2. The number of aliphatic hydroxyl groups is 2. The minimum absolute atomic E-state index is 0.211. The number of aliphatic hydroxyl groups excluding tert-OH is 2. The fourth-order valence-electron chi connectivity index (χ4n) is 3.29. The van der Waals surface area contributed by atoms with E-state index in [0.717, 1.165) is 23.7 Å². The number of carbonyl (C=O) groups is 2. The zero-order chi connectivity index (χ0) is 16.4.